The van der Waals surface area contributed by atoms with Crippen LogP contribution in [-0.2, 0) is 14.3 Å². The molecular formula is C14H25NO3. The van der Waals surface area contributed by atoms with Crippen molar-refractivity contribution in [3.8, 4) is 0 Å². The van der Waals surface area contributed by atoms with Crippen LogP contribution in [-0.4, -0.2) is 38.4 Å². The molecule has 0 amide bonds. The minimum absolute atomic E-state index is 0.0311. The van der Waals surface area contributed by atoms with Gasteiger partial charge in [0, 0.05) is 20.1 Å². The summed E-state index contributed by atoms with van der Waals surface area (Å²) in [5.41, 5.74) is -0.335. The molecule has 3 atom stereocenters. The van der Waals surface area contributed by atoms with E-state index in [1.807, 2.05) is 6.92 Å². The van der Waals surface area contributed by atoms with Crippen molar-refractivity contribution in [1.29, 1.82) is 0 Å². The van der Waals surface area contributed by atoms with Crippen LogP contribution in [0.1, 0.15) is 45.4 Å². The minimum Gasteiger partial charge on any atom is -0.462 e. The summed E-state index contributed by atoms with van der Waals surface area (Å²) >= 11 is 0. The molecule has 0 aromatic carbocycles. The lowest BCUT2D eigenvalue weighted by Gasteiger charge is -2.35. The monoisotopic (exact) mass is 255 g/mol. The molecule has 104 valence electrons. The van der Waals surface area contributed by atoms with Crippen molar-refractivity contribution in [2.45, 2.75) is 57.7 Å². The van der Waals surface area contributed by atoms with Crippen molar-refractivity contribution in [2.24, 2.45) is 5.41 Å². The Morgan fingerprint density at radius 3 is 2.72 bits per heavy atom. The van der Waals surface area contributed by atoms with Crippen LogP contribution in [0.5, 0.6) is 0 Å². The highest BCUT2D eigenvalue weighted by Gasteiger charge is 2.38. The van der Waals surface area contributed by atoms with Gasteiger partial charge >= 0.3 is 5.97 Å². The molecule has 2 fully saturated rings. The average molecular weight is 255 g/mol. The van der Waals surface area contributed by atoms with Gasteiger partial charge < -0.3 is 14.8 Å². The molecule has 1 aliphatic carbocycles. The number of methoxy groups -OCH3 is 1. The topological polar surface area (TPSA) is 47.6 Å². The van der Waals surface area contributed by atoms with Crippen molar-refractivity contribution in [3.63, 3.8) is 0 Å². The zero-order valence-electron chi connectivity index (χ0n) is 11.5. The smallest absolute Gasteiger partial charge is 0.313 e. The lowest BCUT2D eigenvalue weighted by molar-refractivity contribution is -0.165. The first-order valence-electron chi connectivity index (χ1n) is 7.09. The molecule has 0 aromatic rings. The highest BCUT2D eigenvalue weighted by Crippen LogP contribution is 2.30. The lowest BCUT2D eigenvalue weighted by Crippen LogP contribution is -2.45. The third-order valence-corrected chi connectivity index (χ3v) is 4.28. The van der Waals surface area contributed by atoms with Crippen LogP contribution < -0.4 is 5.32 Å². The number of hydrogen-bond acceptors (Lipinski definition) is 4. The van der Waals surface area contributed by atoms with Gasteiger partial charge in [0.1, 0.15) is 6.10 Å². The molecule has 0 bridgehead atoms. The summed E-state index contributed by atoms with van der Waals surface area (Å²) in [6, 6.07) is 0. The van der Waals surface area contributed by atoms with E-state index >= 15 is 0 Å². The summed E-state index contributed by atoms with van der Waals surface area (Å²) in [7, 11) is 1.74. The average Bonchev–Trinajstić information content (AvgIpc) is 2.40. The number of nitrogens with one attached hydrogen (secondary N) is 1. The van der Waals surface area contributed by atoms with Gasteiger partial charge in [-0.2, -0.15) is 0 Å². The van der Waals surface area contributed by atoms with Gasteiger partial charge in [0.15, 0.2) is 0 Å². The van der Waals surface area contributed by atoms with E-state index in [0.29, 0.717) is 0 Å². The fourth-order valence-corrected chi connectivity index (χ4v) is 2.95. The van der Waals surface area contributed by atoms with Crippen LogP contribution in [0.25, 0.3) is 0 Å². The van der Waals surface area contributed by atoms with E-state index in [-0.39, 0.29) is 23.6 Å². The van der Waals surface area contributed by atoms with Crippen LogP contribution >= 0.6 is 0 Å². The molecule has 0 radical (unpaired) electrons. The molecule has 0 aromatic heterocycles. The molecule has 0 spiro atoms. The summed E-state index contributed by atoms with van der Waals surface area (Å²) in [6.07, 6.45) is 6.30. The van der Waals surface area contributed by atoms with Crippen LogP contribution in [0.2, 0.25) is 0 Å². The Balaban J connectivity index is 1.86. The zero-order valence-corrected chi connectivity index (χ0v) is 11.5. The standard InChI is InChI=1S/C14H25NO3/c1-14(7-4-8-15-10-14)13(16)18-12-6-3-5-11(9-12)17-2/h11-12,15H,3-10H2,1-2H3. The zero-order chi connectivity index (χ0) is 13.0. The Labute approximate surface area is 109 Å². The second kappa shape index (κ2) is 6.02. The molecule has 1 saturated heterocycles. The second-order valence-corrected chi connectivity index (χ2v) is 5.89. The van der Waals surface area contributed by atoms with Gasteiger partial charge in [-0.25, -0.2) is 0 Å². The van der Waals surface area contributed by atoms with E-state index in [0.717, 1.165) is 51.6 Å². The first-order chi connectivity index (χ1) is 8.64. The molecule has 1 heterocycles. The molecule has 4 heteroatoms. The van der Waals surface area contributed by atoms with Gasteiger partial charge in [-0.1, -0.05) is 0 Å². The summed E-state index contributed by atoms with van der Waals surface area (Å²) in [5.74, 6) is -0.0311. The number of carbonyl (C=O) groups excluding carboxylic acids is 1. The predicted molar refractivity (Wildman–Crippen MR) is 69.4 cm³/mol. The summed E-state index contributed by atoms with van der Waals surface area (Å²) in [4.78, 5) is 12.3. The maximum Gasteiger partial charge on any atom is 0.313 e. The fraction of sp³-hybridized carbons (Fsp3) is 0.929. The van der Waals surface area contributed by atoms with E-state index < -0.39 is 0 Å². The Hall–Kier alpha value is -0.610. The van der Waals surface area contributed by atoms with E-state index in [4.69, 9.17) is 9.47 Å². The largest absolute Gasteiger partial charge is 0.462 e. The lowest BCUT2D eigenvalue weighted by atomic mass is 9.82. The Morgan fingerprint density at radius 1 is 1.28 bits per heavy atom. The Kier molecular flexibility index (Phi) is 4.62. The van der Waals surface area contributed by atoms with Crippen LogP contribution in [0, 0.1) is 5.41 Å². The Morgan fingerprint density at radius 2 is 2.06 bits per heavy atom. The number of ether oxygens (including phenoxy) is 2. The number of piperidine rings is 1. The number of carbonyl (C=O) groups is 1. The molecule has 1 aliphatic heterocycles. The Bertz CT molecular complexity index is 287. The fourth-order valence-electron chi connectivity index (χ4n) is 2.95. The molecule has 1 N–H and O–H groups in total. The minimum atomic E-state index is -0.335. The second-order valence-electron chi connectivity index (χ2n) is 5.89. The van der Waals surface area contributed by atoms with Crippen LogP contribution in [0.4, 0.5) is 0 Å². The first kappa shape index (κ1) is 13.8. The summed E-state index contributed by atoms with van der Waals surface area (Å²) in [6.45, 7) is 3.77. The maximum absolute atomic E-state index is 12.3. The van der Waals surface area contributed by atoms with Gasteiger partial charge in [0.25, 0.3) is 0 Å². The van der Waals surface area contributed by atoms with Gasteiger partial charge in [-0.15, -0.1) is 0 Å². The van der Waals surface area contributed by atoms with E-state index in [9.17, 15) is 4.79 Å². The number of esters is 1. The summed E-state index contributed by atoms with van der Waals surface area (Å²) in [5, 5.41) is 3.29. The van der Waals surface area contributed by atoms with Crippen molar-refractivity contribution < 1.29 is 14.3 Å². The predicted octanol–water partition coefficient (Wildman–Crippen LogP) is 1.88. The SMILES string of the molecule is COC1CCCC(OC(=O)C2(C)CCCNC2)C1. The molecule has 3 unspecified atom stereocenters. The number of hydrogen-bond donors (Lipinski definition) is 1. The quantitative estimate of drug-likeness (QED) is 0.782. The molecule has 2 aliphatic rings. The molecule has 4 nitrogen and oxygen atoms in total. The highest BCUT2D eigenvalue weighted by atomic mass is 16.5. The van der Waals surface area contributed by atoms with Gasteiger partial charge in [-0.05, 0) is 45.6 Å². The van der Waals surface area contributed by atoms with Gasteiger partial charge in [0.05, 0.1) is 11.5 Å². The van der Waals surface area contributed by atoms with E-state index in [1.54, 1.807) is 7.11 Å². The van der Waals surface area contributed by atoms with Crippen molar-refractivity contribution in [2.75, 3.05) is 20.2 Å². The van der Waals surface area contributed by atoms with Crippen LogP contribution in [0.15, 0.2) is 0 Å². The summed E-state index contributed by atoms with van der Waals surface area (Å²) < 4.78 is 11.1. The molecule has 18 heavy (non-hydrogen) atoms. The maximum atomic E-state index is 12.3. The molecule has 1 saturated carbocycles. The van der Waals surface area contributed by atoms with Gasteiger partial charge in [-0.3, -0.25) is 4.79 Å². The van der Waals surface area contributed by atoms with Crippen LogP contribution in [0.3, 0.4) is 0 Å². The molecular weight excluding hydrogens is 230 g/mol. The van der Waals surface area contributed by atoms with E-state index in [1.165, 1.54) is 0 Å². The van der Waals surface area contributed by atoms with Crippen molar-refractivity contribution in [1.82, 2.24) is 5.32 Å². The number of rotatable bonds is 3. The normalized spacial score (nSPS) is 37.2. The van der Waals surface area contributed by atoms with Crippen molar-refractivity contribution >= 4 is 5.97 Å². The third-order valence-electron chi connectivity index (χ3n) is 4.28. The first-order valence-corrected chi connectivity index (χ1v) is 7.09. The highest BCUT2D eigenvalue weighted by molar-refractivity contribution is 5.77. The van der Waals surface area contributed by atoms with Gasteiger partial charge in [0.2, 0.25) is 0 Å². The van der Waals surface area contributed by atoms with E-state index in [2.05, 4.69) is 5.32 Å². The third kappa shape index (κ3) is 3.23. The van der Waals surface area contributed by atoms with Crippen molar-refractivity contribution in [3.05, 3.63) is 0 Å². The molecule has 2 rings (SSSR count).